The van der Waals surface area contributed by atoms with Gasteiger partial charge in [0, 0.05) is 43.9 Å². The number of pyridine rings is 1. The van der Waals surface area contributed by atoms with E-state index in [9.17, 15) is 4.79 Å². The Morgan fingerprint density at radius 3 is 2.82 bits per heavy atom. The van der Waals surface area contributed by atoms with Crippen molar-refractivity contribution in [2.24, 2.45) is 0 Å². The van der Waals surface area contributed by atoms with E-state index in [1.807, 2.05) is 35.2 Å². The van der Waals surface area contributed by atoms with Gasteiger partial charge in [0.15, 0.2) is 0 Å². The number of fused-ring (bicyclic) bond motifs is 1. The number of benzene rings is 1. The van der Waals surface area contributed by atoms with Crippen LogP contribution in [-0.4, -0.2) is 71.6 Å². The SMILES string of the molecule is COc1cccc(-c2nc([C@@H]3CCCN(C(=O)NCCN4CCCCC4)C3)n3ccccc23)c1. The maximum Gasteiger partial charge on any atom is 0.317 e. The molecule has 0 radical (unpaired) electrons. The molecule has 2 aliphatic heterocycles. The van der Waals surface area contributed by atoms with Gasteiger partial charge in [-0.3, -0.25) is 0 Å². The Morgan fingerprint density at radius 1 is 1.09 bits per heavy atom. The van der Waals surface area contributed by atoms with Crippen molar-refractivity contribution >= 4 is 11.5 Å². The molecule has 1 N–H and O–H groups in total. The zero-order valence-corrected chi connectivity index (χ0v) is 20.1. The minimum Gasteiger partial charge on any atom is -0.497 e. The standard InChI is InChI=1S/C27H35N5O2/c1-34-23-11-7-9-21(19-23)25-24-12-3-6-17-32(24)26(29-25)22-10-8-16-31(20-22)27(33)28-13-18-30-14-4-2-5-15-30/h3,6-7,9,11-12,17,19,22H,2,4-5,8,10,13-16,18,20H2,1H3,(H,28,33)/t22-/m1/s1. The van der Waals surface area contributed by atoms with Crippen LogP contribution in [0.3, 0.4) is 0 Å². The molecular weight excluding hydrogens is 426 g/mol. The molecule has 7 heteroatoms. The van der Waals surface area contributed by atoms with Crippen LogP contribution in [0.2, 0.25) is 0 Å². The minimum atomic E-state index is 0.0515. The van der Waals surface area contributed by atoms with Gasteiger partial charge in [-0.1, -0.05) is 24.6 Å². The number of carbonyl (C=O) groups excluding carboxylic acids is 1. The van der Waals surface area contributed by atoms with Gasteiger partial charge < -0.3 is 24.3 Å². The highest BCUT2D eigenvalue weighted by molar-refractivity contribution is 5.78. The average Bonchev–Trinajstić information content (AvgIpc) is 3.29. The second-order valence-corrected chi connectivity index (χ2v) is 9.43. The third-order valence-electron chi connectivity index (χ3n) is 7.15. The molecule has 2 saturated heterocycles. The quantitative estimate of drug-likeness (QED) is 0.592. The lowest BCUT2D eigenvalue weighted by Crippen LogP contribution is -2.47. The molecule has 2 aliphatic rings. The maximum absolute atomic E-state index is 12.9. The Bertz CT molecular complexity index is 1120. The molecule has 180 valence electrons. The lowest BCUT2D eigenvalue weighted by Gasteiger charge is -2.33. The van der Waals surface area contributed by atoms with Crippen molar-refractivity contribution in [3.05, 3.63) is 54.5 Å². The molecule has 1 atom stereocenters. The third-order valence-corrected chi connectivity index (χ3v) is 7.15. The van der Waals surface area contributed by atoms with E-state index in [0.717, 1.165) is 67.4 Å². The smallest absolute Gasteiger partial charge is 0.317 e. The number of nitrogens with one attached hydrogen (secondary N) is 1. The number of carbonyl (C=O) groups is 1. The van der Waals surface area contributed by atoms with Gasteiger partial charge >= 0.3 is 6.03 Å². The van der Waals surface area contributed by atoms with Crippen LogP contribution in [0, 0.1) is 0 Å². The molecule has 0 bridgehead atoms. The van der Waals surface area contributed by atoms with E-state index in [1.54, 1.807) is 7.11 Å². The Balaban J connectivity index is 1.31. The van der Waals surface area contributed by atoms with E-state index >= 15 is 0 Å². The normalized spacial score (nSPS) is 19.3. The summed E-state index contributed by atoms with van der Waals surface area (Å²) in [6, 6.07) is 14.3. The first-order valence-electron chi connectivity index (χ1n) is 12.6. The summed E-state index contributed by atoms with van der Waals surface area (Å²) in [5, 5.41) is 3.16. The highest BCUT2D eigenvalue weighted by Crippen LogP contribution is 2.33. The largest absolute Gasteiger partial charge is 0.497 e. The van der Waals surface area contributed by atoms with E-state index in [-0.39, 0.29) is 11.9 Å². The summed E-state index contributed by atoms with van der Waals surface area (Å²) in [5.74, 6) is 2.05. The number of hydrogen-bond acceptors (Lipinski definition) is 4. The van der Waals surface area contributed by atoms with E-state index in [1.165, 1.54) is 19.3 Å². The number of ether oxygens (including phenoxy) is 1. The number of nitrogens with zero attached hydrogens (tertiary/aromatic N) is 4. The van der Waals surface area contributed by atoms with Crippen LogP contribution in [0.5, 0.6) is 5.75 Å². The van der Waals surface area contributed by atoms with Crippen LogP contribution < -0.4 is 10.1 Å². The molecule has 2 fully saturated rings. The monoisotopic (exact) mass is 461 g/mol. The van der Waals surface area contributed by atoms with E-state index in [0.29, 0.717) is 13.1 Å². The van der Waals surface area contributed by atoms with Crippen LogP contribution in [0.25, 0.3) is 16.8 Å². The fraction of sp³-hybridized carbons (Fsp3) is 0.481. The number of methoxy groups -OCH3 is 1. The fourth-order valence-electron chi connectivity index (χ4n) is 5.32. The number of rotatable bonds is 6. The molecule has 0 spiro atoms. The minimum absolute atomic E-state index is 0.0515. The Morgan fingerprint density at radius 2 is 1.97 bits per heavy atom. The summed E-state index contributed by atoms with van der Waals surface area (Å²) in [6.45, 7) is 5.47. The van der Waals surface area contributed by atoms with Crippen molar-refractivity contribution in [2.75, 3.05) is 46.4 Å². The number of piperidine rings is 2. The molecule has 1 aromatic carbocycles. The highest BCUT2D eigenvalue weighted by atomic mass is 16.5. The lowest BCUT2D eigenvalue weighted by atomic mass is 9.97. The second-order valence-electron chi connectivity index (χ2n) is 9.43. The second kappa shape index (κ2) is 10.5. The van der Waals surface area contributed by atoms with Crippen LogP contribution in [0.15, 0.2) is 48.7 Å². The van der Waals surface area contributed by atoms with Gasteiger partial charge in [0.1, 0.15) is 11.6 Å². The van der Waals surface area contributed by atoms with Gasteiger partial charge in [0.05, 0.1) is 18.3 Å². The summed E-state index contributed by atoms with van der Waals surface area (Å²) in [6.07, 6.45) is 7.98. The average molecular weight is 462 g/mol. The number of hydrogen-bond donors (Lipinski definition) is 1. The van der Waals surface area contributed by atoms with Gasteiger partial charge in [-0.05, 0) is 63.0 Å². The summed E-state index contributed by atoms with van der Waals surface area (Å²) >= 11 is 0. The van der Waals surface area contributed by atoms with Gasteiger partial charge in [0.2, 0.25) is 0 Å². The maximum atomic E-state index is 12.9. The van der Waals surface area contributed by atoms with E-state index < -0.39 is 0 Å². The number of amides is 2. The first-order chi connectivity index (χ1) is 16.7. The van der Waals surface area contributed by atoms with Gasteiger partial charge in [-0.2, -0.15) is 0 Å². The zero-order valence-electron chi connectivity index (χ0n) is 20.1. The van der Waals surface area contributed by atoms with Gasteiger partial charge in [-0.25, -0.2) is 9.78 Å². The summed E-state index contributed by atoms with van der Waals surface area (Å²) < 4.78 is 7.63. The summed E-state index contributed by atoms with van der Waals surface area (Å²) in [7, 11) is 1.68. The van der Waals surface area contributed by atoms with Crippen LogP contribution >= 0.6 is 0 Å². The topological polar surface area (TPSA) is 62.1 Å². The van der Waals surface area contributed by atoms with E-state index in [4.69, 9.17) is 9.72 Å². The van der Waals surface area contributed by atoms with Gasteiger partial charge in [-0.15, -0.1) is 0 Å². The number of urea groups is 1. The molecule has 4 heterocycles. The first kappa shape index (κ1) is 22.7. The molecule has 34 heavy (non-hydrogen) atoms. The molecule has 0 saturated carbocycles. The van der Waals surface area contributed by atoms with Crippen LogP contribution in [0.1, 0.15) is 43.8 Å². The fourth-order valence-corrected chi connectivity index (χ4v) is 5.32. The van der Waals surface area contributed by atoms with Crippen molar-refractivity contribution in [2.45, 2.75) is 38.0 Å². The first-order valence-corrected chi connectivity index (χ1v) is 12.6. The van der Waals surface area contributed by atoms with Crippen molar-refractivity contribution in [1.29, 1.82) is 0 Å². The number of imidazole rings is 1. The molecule has 2 amide bonds. The molecule has 5 rings (SSSR count). The van der Waals surface area contributed by atoms with Crippen molar-refractivity contribution in [3.63, 3.8) is 0 Å². The number of likely N-dealkylation sites (tertiary alicyclic amines) is 2. The highest BCUT2D eigenvalue weighted by Gasteiger charge is 2.28. The third kappa shape index (κ3) is 4.89. The summed E-state index contributed by atoms with van der Waals surface area (Å²) in [4.78, 5) is 22.5. The Labute approximate surface area is 201 Å². The predicted molar refractivity (Wildman–Crippen MR) is 134 cm³/mol. The molecule has 7 nitrogen and oxygen atoms in total. The molecular formula is C27H35N5O2. The van der Waals surface area contributed by atoms with Crippen LogP contribution in [-0.2, 0) is 0 Å². The zero-order chi connectivity index (χ0) is 23.3. The molecule has 2 aromatic heterocycles. The van der Waals surface area contributed by atoms with Gasteiger partial charge in [0.25, 0.3) is 0 Å². The molecule has 0 aliphatic carbocycles. The molecule has 3 aromatic rings. The molecule has 0 unspecified atom stereocenters. The van der Waals surface area contributed by atoms with Crippen molar-refractivity contribution in [3.8, 4) is 17.0 Å². The Kier molecular flexibility index (Phi) is 7.00. The van der Waals surface area contributed by atoms with Crippen LogP contribution in [0.4, 0.5) is 4.79 Å². The Hall–Kier alpha value is -3.06. The van der Waals surface area contributed by atoms with Crippen molar-refractivity contribution < 1.29 is 9.53 Å². The number of aromatic nitrogens is 2. The lowest BCUT2D eigenvalue weighted by molar-refractivity contribution is 0.174. The van der Waals surface area contributed by atoms with Crippen molar-refractivity contribution in [1.82, 2.24) is 24.5 Å². The predicted octanol–water partition coefficient (Wildman–Crippen LogP) is 4.38. The summed E-state index contributed by atoms with van der Waals surface area (Å²) in [5.41, 5.74) is 3.07. The van der Waals surface area contributed by atoms with E-state index in [2.05, 4.69) is 32.9 Å².